The van der Waals surface area contributed by atoms with Crippen LogP contribution in [0.15, 0.2) is 255 Å². The van der Waals surface area contributed by atoms with Crippen molar-refractivity contribution in [1.82, 2.24) is 29.5 Å². The lowest BCUT2D eigenvalue weighted by molar-refractivity contribution is 1.02. The highest BCUT2D eigenvalue weighted by Gasteiger charge is 2.22. The van der Waals surface area contributed by atoms with Crippen molar-refractivity contribution in [3.8, 4) is 28.5 Å². The molecule has 12 aromatic carbocycles. The molecule has 11 heteroatoms. The van der Waals surface area contributed by atoms with Crippen molar-refractivity contribution in [2.45, 2.75) is 0 Å². The number of rotatable bonds is 3. The lowest BCUT2D eigenvalue weighted by Crippen LogP contribution is -2.02. The van der Waals surface area contributed by atoms with Crippen molar-refractivity contribution < 1.29 is 0 Å². The number of benzene rings is 12. The Labute approximate surface area is 517 Å². The van der Waals surface area contributed by atoms with Crippen molar-refractivity contribution in [2.75, 3.05) is 0 Å². The standard InChI is InChI=1S/C38H21N3S2.C22H13NS.C16H9ClN2S/c1-2-11-23(12-3-1)35-37-36(26-15-7-9-17-31(26)43-37)40-38(39-35)41-29-16-8-6-14-25(29)27-20-28-33(21-30(27)41)42-32-19-18-22-10-4-5-13-24(22)34(28)32;1-2-6-14-13(5-1)9-10-20-22(14)17-11-16-15-7-3-4-8-18(15)23-19(16)12-21(17)24-20;17-16-18-13(10-6-2-1-3-7-10)15-14(19-16)11-8-4-5-9-12(11)20-15/h1-21H;1-12,23H;1-9H. The van der Waals surface area contributed by atoms with Gasteiger partial charge >= 0.3 is 0 Å². The molecule has 87 heavy (non-hydrogen) atoms. The Hall–Kier alpha value is -9.91. The van der Waals surface area contributed by atoms with Crippen LogP contribution in [-0.4, -0.2) is 29.5 Å². The Kier molecular flexibility index (Phi) is 11.6. The third kappa shape index (κ3) is 8.17. The first kappa shape index (κ1) is 50.4. The molecule has 408 valence electrons. The van der Waals surface area contributed by atoms with Crippen LogP contribution in [0.3, 0.4) is 0 Å². The number of nitrogens with zero attached hydrogens (tertiary/aromatic N) is 5. The molecular weight excluding hydrogens is 1160 g/mol. The van der Waals surface area contributed by atoms with Gasteiger partial charge in [0.25, 0.3) is 0 Å². The van der Waals surface area contributed by atoms with Crippen molar-refractivity contribution in [1.29, 1.82) is 0 Å². The molecule has 0 aliphatic heterocycles. The van der Waals surface area contributed by atoms with Crippen molar-refractivity contribution >= 4 is 203 Å². The summed E-state index contributed by atoms with van der Waals surface area (Å²) < 4.78 is 12.2. The fourth-order valence-electron chi connectivity index (χ4n) is 12.9. The predicted octanol–water partition coefficient (Wildman–Crippen LogP) is 23.1. The Bertz CT molecular complexity index is 6170. The van der Waals surface area contributed by atoms with E-state index in [4.69, 9.17) is 21.6 Å². The maximum absolute atomic E-state index is 6.11. The summed E-state index contributed by atoms with van der Waals surface area (Å²) in [5, 5.41) is 18.3. The number of hydrogen-bond acceptors (Lipinski definition) is 8. The number of H-pyrrole nitrogens is 1. The van der Waals surface area contributed by atoms with Gasteiger partial charge in [0.1, 0.15) is 0 Å². The van der Waals surface area contributed by atoms with Crippen LogP contribution in [0, 0.1) is 0 Å². The zero-order chi connectivity index (χ0) is 57.3. The summed E-state index contributed by atoms with van der Waals surface area (Å²) in [6.07, 6.45) is 0. The summed E-state index contributed by atoms with van der Waals surface area (Å²) >= 11 is 13.3. The van der Waals surface area contributed by atoms with Gasteiger partial charge in [0.15, 0.2) is 0 Å². The van der Waals surface area contributed by atoms with Crippen LogP contribution in [0.4, 0.5) is 0 Å². The van der Waals surface area contributed by atoms with Crippen LogP contribution in [0.2, 0.25) is 5.28 Å². The number of aromatic amines is 1. The third-order valence-corrected chi connectivity index (χ3v) is 21.6. The van der Waals surface area contributed by atoms with Crippen LogP contribution < -0.4 is 0 Å². The average molecular weight is 1200 g/mol. The molecule has 0 fully saturated rings. The van der Waals surface area contributed by atoms with Gasteiger partial charge in [-0.05, 0) is 93.8 Å². The maximum Gasteiger partial charge on any atom is 0.235 e. The summed E-state index contributed by atoms with van der Waals surface area (Å²) in [5.74, 6) is 0.701. The minimum absolute atomic E-state index is 0.292. The second kappa shape index (κ2) is 20.1. The molecule has 20 aromatic rings. The van der Waals surface area contributed by atoms with Gasteiger partial charge in [-0.25, -0.2) is 19.9 Å². The summed E-state index contributed by atoms with van der Waals surface area (Å²) in [4.78, 5) is 23.1. The third-order valence-electron chi connectivity index (χ3n) is 16.8. The number of aromatic nitrogens is 6. The number of nitrogens with one attached hydrogen (secondary N) is 1. The zero-order valence-corrected chi connectivity index (χ0v) is 50.0. The average Bonchev–Trinajstić information content (AvgIpc) is 2.13. The van der Waals surface area contributed by atoms with Gasteiger partial charge in [-0.15, -0.1) is 45.3 Å². The van der Waals surface area contributed by atoms with Gasteiger partial charge in [0, 0.05) is 104 Å². The van der Waals surface area contributed by atoms with Crippen LogP contribution in [0.5, 0.6) is 0 Å². The van der Waals surface area contributed by atoms with E-state index in [9.17, 15) is 0 Å². The fourth-order valence-corrected chi connectivity index (χ4v) is 17.7. The van der Waals surface area contributed by atoms with Gasteiger partial charge in [0.2, 0.25) is 11.2 Å². The number of hydrogen-bond donors (Lipinski definition) is 1. The monoisotopic (exact) mass is 1200 g/mol. The number of thiophene rings is 4. The van der Waals surface area contributed by atoms with Crippen LogP contribution in [0.25, 0.3) is 175 Å². The van der Waals surface area contributed by atoms with E-state index in [0.29, 0.717) is 11.2 Å². The lowest BCUT2D eigenvalue weighted by atomic mass is 10.0. The van der Waals surface area contributed by atoms with Gasteiger partial charge in [-0.2, -0.15) is 0 Å². The number of halogens is 1. The van der Waals surface area contributed by atoms with E-state index in [1.165, 1.54) is 109 Å². The Morgan fingerprint density at radius 3 is 1.44 bits per heavy atom. The first-order valence-corrected chi connectivity index (χ1v) is 32.3. The van der Waals surface area contributed by atoms with Gasteiger partial charge in [-0.3, -0.25) is 4.57 Å². The van der Waals surface area contributed by atoms with Crippen molar-refractivity contribution in [3.05, 3.63) is 260 Å². The summed E-state index contributed by atoms with van der Waals surface area (Å²) in [5.41, 5.74) is 10.7. The Morgan fingerprint density at radius 1 is 0.310 bits per heavy atom. The summed E-state index contributed by atoms with van der Waals surface area (Å²) in [6.45, 7) is 0. The van der Waals surface area contributed by atoms with E-state index >= 15 is 0 Å². The van der Waals surface area contributed by atoms with E-state index < -0.39 is 0 Å². The fraction of sp³-hybridized carbons (Fsp3) is 0. The number of fused-ring (bicyclic) bond motifs is 22. The van der Waals surface area contributed by atoms with E-state index in [1.54, 1.807) is 22.7 Å². The largest absolute Gasteiger partial charge is 0.354 e. The molecule has 6 nitrogen and oxygen atoms in total. The van der Waals surface area contributed by atoms with Gasteiger partial charge in [-0.1, -0.05) is 194 Å². The molecule has 0 saturated heterocycles. The Balaban J connectivity index is 0.000000109. The minimum atomic E-state index is 0.292. The summed E-state index contributed by atoms with van der Waals surface area (Å²) in [6, 6.07) is 90.4. The molecule has 8 aromatic heterocycles. The molecule has 1 N–H and O–H groups in total. The topological polar surface area (TPSA) is 72.3 Å². The molecule has 0 radical (unpaired) electrons. The highest BCUT2D eigenvalue weighted by Crippen LogP contribution is 2.46. The van der Waals surface area contributed by atoms with E-state index in [1.807, 2.05) is 65.1 Å². The first-order chi connectivity index (χ1) is 43.0. The van der Waals surface area contributed by atoms with E-state index in [2.05, 4.69) is 232 Å². The SMILES string of the molecule is Clc1nc(-c2ccccc2)c2sc3ccccc3c2n1.c1ccc(-c2nc(-n3c4ccccc4c4cc5c(cc43)sc3ccc4ccccc4c35)nc3c2sc2ccccc23)cc1.c1ccc2c(c1)ccc1sc3cc4[nH]c5ccccc5c4cc3c12. The second-order valence-corrected chi connectivity index (χ2v) is 26.4. The molecule has 0 bridgehead atoms. The van der Waals surface area contributed by atoms with Crippen LogP contribution >= 0.6 is 56.9 Å². The van der Waals surface area contributed by atoms with Crippen LogP contribution in [0.1, 0.15) is 0 Å². The minimum Gasteiger partial charge on any atom is -0.354 e. The molecule has 0 saturated carbocycles. The lowest BCUT2D eigenvalue weighted by Gasteiger charge is -2.10. The predicted molar refractivity (Wildman–Crippen MR) is 377 cm³/mol. The highest BCUT2D eigenvalue weighted by atomic mass is 35.5. The molecular formula is C76H43ClN6S4. The second-order valence-electron chi connectivity index (χ2n) is 21.8. The molecule has 20 rings (SSSR count). The smallest absolute Gasteiger partial charge is 0.235 e. The molecule has 0 aliphatic carbocycles. The van der Waals surface area contributed by atoms with Crippen molar-refractivity contribution in [3.63, 3.8) is 0 Å². The molecule has 0 aliphatic rings. The van der Waals surface area contributed by atoms with E-state index in [0.717, 1.165) is 59.4 Å². The van der Waals surface area contributed by atoms with Gasteiger partial charge in [0.05, 0.1) is 42.9 Å². The molecule has 0 unspecified atom stereocenters. The Morgan fingerprint density at radius 2 is 0.805 bits per heavy atom. The normalized spacial score (nSPS) is 12.0. The highest BCUT2D eigenvalue weighted by molar-refractivity contribution is 7.27. The van der Waals surface area contributed by atoms with E-state index in [-0.39, 0.29) is 0 Å². The molecule has 8 heterocycles. The molecule has 0 atom stereocenters. The van der Waals surface area contributed by atoms with Gasteiger partial charge < -0.3 is 4.98 Å². The molecule has 0 amide bonds. The van der Waals surface area contributed by atoms with Crippen molar-refractivity contribution in [2.24, 2.45) is 0 Å². The molecule has 0 spiro atoms. The first-order valence-electron chi connectivity index (χ1n) is 28.7. The quantitative estimate of drug-likeness (QED) is 0.179. The summed E-state index contributed by atoms with van der Waals surface area (Å²) in [7, 11) is 0. The zero-order valence-electron chi connectivity index (χ0n) is 46.0. The maximum atomic E-state index is 6.11. The van der Waals surface area contributed by atoms with Crippen LogP contribution in [-0.2, 0) is 0 Å². The number of para-hydroxylation sites is 2.